The molecule has 0 fully saturated rings. The largest absolute Gasteiger partial charge is 0.421 e. The average molecular weight is 280 g/mol. The Balaban J connectivity index is 0. The second kappa shape index (κ2) is 7.10. The van der Waals surface area contributed by atoms with Crippen LogP contribution >= 0.6 is 0 Å². The Morgan fingerprint density at radius 1 is 0.875 bits per heavy atom. The molecule has 0 aliphatic carbocycles. The second-order valence-electron chi connectivity index (χ2n) is 6.93. The summed E-state index contributed by atoms with van der Waals surface area (Å²) < 4.78 is 8.90. The first-order chi connectivity index (χ1) is 6.83. The molecule has 0 heterocycles. The van der Waals surface area contributed by atoms with E-state index in [1.165, 1.54) is 6.04 Å². The van der Waals surface area contributed by atoms with Gasteiger partial charge in [0.05, 0.1) is 0 Å². The van der Waals surface area contributed by atoms with E-state index in [-0.39, 0.29) is 0 Å². The maximum absolute atomic E-state index is 5.08. The van der Waals surface area contributed by atoms with Gasteiger partial charge in [-0.05, 0) is 25.7 Å². The van der Waals surface area contributed by atoms with Crippen LogP contribution in [0.2, 0.25) is 58.4 Å². The average Bonchev–Trinajstić information content (AvgIpc) is 2.00. The van der Waals surface area contributed by atoms with E-state index in [9.17, 15) is 0 Å². The van der Waals surface area contributed by atoms with Gasteiger partial charge in [-0.3, -0.25) is 0 Å². The first kappa shape index (κ1) is 18.9. The van der Waals surface area contributed by atoms with E-state index in [4.69, 9.17) is 4.43 Å². The lowest BCUT2D eigenvalue weighted by atomic mass is 11.0. The summed E-state index contributed by atoms with van der Waals surface area (Å²) in [6.07, 6.45) is 0. The molecule has 0 radical (unpaired) electrons. The van der Waals surface area contributed by atoms with Gasteiger partial charge >= 0.3 is 0 Å². The highest BCUT2D eigenvalue weighted by Gasteiger charge is 2.25. The fraction of sp³-hybridized carbons (Fsp3) is 1.00. The molecule has 0 amide bonds. The zero-order chi connectivity index (χ0) is 13.6. The third kappa shape index (κ3) is 17.0. The summed E-state index contributed by atoms with van der Waals surface area (Å²) in [4.78, 5) is 0. The van der Waals surface area contributed by atoms with E-state index in [0.29, 0.717) is 0 Å². The molecule has 0 aliphatic heterocycles. The summed E-state index contributed by atoms with van der Waals surface area (Å²) in [6.45, 7) is 20.7. The maximum atomic E-state index is 5.08. The van der Waals surface area contributed by atoms with Crippen LogP contribution in [0, 0.1) is 0 Å². The Hall–Kier alpha value is 0.571. The molecule has 0 rings (SSSR count). The molecule has 0 bridgehead atoms. The highest BCUT2D eigenvalue weighted by Crippen LogP contribution is 2.08. The predicted molar refractivity (Wildman–Crippen MR) is 84.8 cm³/mol. The normalized spacial score (nSPS) is 13.1. The van der Waals surface area contributed by atoms with Crippen molar-refractivity contribution in [3.05, 3.63) is 0 Å². The molecule has 1 N–H and O–H groups in total. The van der Waals surface area contributed by atoms with E-state index < -0.39 is 24.8 Å². The Kier molecular flexibility index (Phi) is 8.40. The molecule has 5 heteroatoms. The minimum Gasteiger partial charge on any atom is -0.421 e. The second-order valence-corrected chi connectivity index (χ2v) is 21.5. The van der Waals surface area contributed by atoms with Gasteiger partial charge < -0.3 is 9.07 Å². The van der Waals surface area contributed by atoms with E-state index in [2.05, 4.69) is 63.9 Å². The zero-order valence-electron chi connectivity index (χ0n) is 13.1. The molecule has 0 aromatic heterocycles. The van der Waals surface area contributed by atoms with E-state index >= 15 is 0 Å². The third-order valence-corrected chi connectivity index (χ3v) is 10.9. The van der Waals surface area contributed by atoms with Gasteiger partial charge in [0.25, 0.3) is 0 Å². The highest BCUT2D eigenvalue weighted by molar-refractivity contribution is 6.90. The summed E-state index contributed by atoms with van der Waals surface area (Å²) in [7, 11) is -1.36. The number of hydrogen-bond acceptors (Lipinski definition) is 2. The third-order valence-electron chi connectivity index (χ3n) is 2.21. The van der Waals surface area contributed by atoms with Gasteiger partial charge in [-0.15, -0.1) is 0 Å². The van der Waals surface area contributed by atoms with Crippen LogP contribution in [0.15, 0.2) is 0 Å². The fourth-order valence-corrected chi connectivity index (χ4v) is 9.93. The molecule has 0 atom stereocenters. The van der Waals surface area contributed by atoms with Crippen molar-refractivity contribution in [2.45, 2.75) is 65.3 Å². The number of hydrogen-bond donors (Lipinski definition) is 1. The van der Waals surface area contributed by atoms with Crippen LogP contribution in [0.25, 0.3) is 0 Å². The standard InChI is InChI=1S/C7H21NSi2.C4H12OSi/c1-7-10(5,6)8-9(2,3)4;1-5-6(2,3)4/h8H,7H2,1-6H3;1-4H3. The summed E-state index contributed by atoms with van der Waals surface area (Å²) >= 11 is 0. The van der Waals surface area contributed by atoms with E-state index in [0.717, 1.165) is 0 Å². The lowest BCUT2D eigenvalue weighted by Gasteiger charge is -2.30. The van der Waals surface area contributed by atoms with Crippen molar-refractivity contribution in [3.8, 4) is 0 Å². The lowest BCUT2D eigenvalue weighted by Crippen LogP contribution is -2.56. The zero-order valence-corrected chi connectivity index (χ0v) is 16.1. The van der Waals surface area contributed by atoms with Crippen molar-refractivity contribution < 1.29 is 4.43 Å². The molecule has 0 saturated heterocycles. The minimum absolute atomic E-state index is 1.00. The van der Waals surface area contributed by atoms with Gasteiger partial charge in [-0.25, -0.2) is 0 Å². The van der Waals surface area contributed by atoms with Gasteiger partial charge in [0.1, 0.15) is 16.5 Å². The maximum Gasteiger partial charge on any atom is 0.183 e. The van der Waals surface area contributed by atoms with Gasteiger partial charge in [0.15, 0.2) is 8.32 Å². The van der Waals surface area contributed by atoms with Crippen LogP contribution in [-0.4, -0.2) is 31.9 Å². The summed E-state index contributed by atoms with van der Waals surface area (Å²) in [5, 5.41) is 0. The van der Waals surface area contributed by atoms with Crippen LogP contribution in [0.3, 0.4) is 0 Å². The molecule has 0 aliphatic rings. The molecule has 2 nitrogen and oxygen atoms in total. The summed E-state index contributed by atoms with van der Waals surface area (Å²) in [5.74, 6) is 0. The molecule has 0 unspecified atom stereocenters. The van der Waals surface area contributed by atoms with Crippen LogP contribution in [0.5, 0.6) is 0 Å². The molecule has 0 aromatic rings. The van der Waals surface area contributed by atoms with Crippen LogP contribution in [-0.2, 0) is 4.43 Å². The van der Waals surface area contributed by atoms with Crippen molar-refractivity contribution in [2.75, 3.05) is 7.11 Å². The van der Waals surface area contributed by atoms with Crippen molar-refractivity contribution in [1.82, 2.24) is 4.65 Å². The molecule has 0 aromatic carbocycles. The first-order valence-electron chi connectivity index (χ1n) is 6.17. The lowest BCUT2D eigenvalue weighted by molar-refractivity contribution is 0.411. The van der Waals surface area contributed by atoms with Crippen LogP contribution in [0.4, 0.5) is 0 Å². The van der Waals surface area contributed by atoms with Crippen molar-refractivity contribution in [2.24, 2.45) is 0 Å². The summed E-state index contributed by atoms with van der Waals surface area (Å²) in [6, 6.07) is 1.34. The monoisotopic (exact) mass is 279 g/mol. The van der Waals surface area contributed by atoms with Crippen molar-refractivity contribution in [3.63, 3.8) is 0 Å². The predicted octanol–water partition coefficient (Wildman–Crippen LogP) is 4.10. The van der Waals surface area contributed by atoms with E-state index in [1.54, 1.807) is 7.11 Å². The topological polar surface area (TPSA) is 21.3 Å². The SMILES string of the molecule is CC[Si](C)(C)N[Si](C)(C)C.CO[Si](C)(C)C. The molecular weight excluding hydrogens is 246 g/mol. The Morgan fingerprint density at radius 2 is 1.19 bits per heavy atom. The number of rotatable bonds is 4. The van der Waals surface area contributed by atoms with Crippen molar-refractivity contribution in [1.29, 1.82) is 0 Å². The van der Waals surface area contributed by atoms with Crippen LogP contribution in [0.1, 0.15) is 6.92 Å². The minimum atomic E-state index is -1.13. The molecule has 0 saturated carbocycles. The first-order valence-corrected chi connectivity index (χ1v) is 16.3. The number of nitrogens with one attached hydrogen (secondary N) is 1. The van der Waals surface area contributed by atoms with Crippen LogP contribution < -0.4 is 4.65 Å². The fourth-order valence-electron chi connectivity index (χ4n) is 1.10. The molecular formula is C11H33NOSi3. The Morgan fingerprint density at radius 3 is 1.25 bits per heavy atom. The molecule has 0 spiro atoms. The summed E-state index contributed by atoms with van der Waals surface area (Å²) in [5.41, 5.74) is 0. The quantitative estimate of drug-likeness (QED) is 0.782. The smallest absolute Gasteiger partial charge is 0.183 e. The van der Waals surface area contributed by atoms with Gasteiger partial charge in [0.2, 0.25) is 0 Å². The molecule has 100 valence electrons. The van der Waals surface area contributed by atoms with E-state index in [1.807, 2.05) is 0 Å². The van der Waals surface area contributed by atoms with Gasteiger partial charge in [-0.1, -0.05) is 39.7 Å². The Labute approximate surface area is 106 Å². The molecule has 16 heavy (non-hydrogen) atoms. The van der Waals surface area contributed by atoms with Crippen molar-refractivity contribution >= 4 is 24.8 Å². The highest BCUT2D eigenvalue weighted by atomic mass is 28.4. The van der Waals surface area contributed by atoms with Gasteiger partial charge in [-0.2, -0.15) is 0 Å². The Bertz CT molecular complexity index is 183. The van der Waals surface area contributed by atoms with Gasteiger partial charge in [0, 0.05) is 7.11 Å².